The Kier molecular flexibility index (Phi) is 5.95. The Hall–Kier alpha value is -3.07. The van der Waals surface area contributed by atoms with Crippen LogP contribution in [0.1, 0.15) is 15.9 Å². The maximum absolute atomic E-state index is 10.2. The molecule has 3 nitrogen and oxygen atoms in total. The number of ether oxygens (including phenoxy) is 1. The van der Waals surface area contributed by atoms with Crippen molar-refractivity contribution in [1.82, 2.24) is 0 Å². The largest absolute Gasteiger partial charge is 0.478 e. The molecule has 3 aromatic carbocycles. The molecule has 0 aliphatic carbocycles. The smallest absolute Gasteiger partial charge is 0.335 e. The van der Waals surface area contributed by atoms with Crippen molar-refractivity contribution in [2.75, 3.05) is 0 Å². The average molecular weight is 306 g/mol. The van der Waals surface area contributed by atoms with Gasteiger partial charge in [0.1, 0.15) is 11.5 Å². The van der Waals surface area contributed by atoms with Gasteiger partial charge in [0.15, 0.2) is 0 Å². The highest BCUT2D eigenvalue weighted by Crippen LogP contribution is 2.21. The Morgan fingerprint density at radius 2 is 1.35 bits per heavy atom. The third-order valence-corrected chi connectivity index (χ3v) is 2.99. The van der Waals surface area contributed by atoms with Crippen LogP contribution in [0.2, 0.25) is 0 Å². The van der Waals surface area contributed by atoms with E-state index in [1.54, 1.807) is 30.3 Å². The van der Waals surface area contributed by atoms with Gasteiger partial charge in [-0.15, -0.1) is 0 Å². The van der Waals surface area contributed by atoms with Crippen LogP contribution in [0.25, 0.3) is 0 Å². The van der Waals surface area contributed by atoms with Crippen LogP contribution in [0, 0.1) is 6.92 Å². The lowest BCUT2D eigenvalue weighted by Gasteiger charge is -2.05. The van der Waals surface area contributed by atoms with E-state index in [4.69, 9.17) is 9.84 Å². The van der Waals surface area contributed by atoms with E-state index in [1.165, 1.54) is 5.56 Å². The number of aryl methyl sites for hydroxylation is 1. The van der Waals surface area contributed by atoms with Gasteiger partial charge in [-0.2, -0.15) is 0 Å². The second-order valence-corrected chi connectivity index (χ2v) is 4.90. The molecule has 0 radical (unpaired) electrons. The summed E-state index contributed by atoms with van der Waals surface area (Å²) in [6, 6.07) is 26.1. The molecule has 0 heterocycles. The summed E-state index contributed by atoms with van der Waals surface area (Å²) in [6.07, 6.45) is 0. The maximum Gasteiger partial charge on any atom is 0.335 e. The number of aromatic carboxylic acids is 1. The third kappa shape index (κ3) is 5.67. The lowest BCUT2D eigenvalue weighted by molar-refractivity contribution is 0.0697. The fraction of sp³-hybridized carbons (Fsp3) is 0.0500. The number of carboxylic acid groups (broad SMARTS) is 1. The Bertz CT molecular complexity index is 737. The van der Waals surface area contributed by atoms with Crippen LogP contribution in [-0.4, -0.2) is 11.1 Å². The summed E-state index contributed by atoms with van der Waals surface area (Å²) in [5.41, 5.74) is 1.54. The predicted molar refractivity (Wildman–Crippen MR) is 91.1 cm³/mol. The van der Waals surface area contributed by atoms with Crippen LogP contribution in [0.15, 0.2) is 84.9 Å². The summed E-state index contributed by atoms with van der Waals surface area (Å²) < 4.78 is 5.66. The second-order valence-electron chi connectivity index (χ2n) is 4.90. The molecular formula is C20H18O3. The van der Waals surface area contributed by atoms with Crippen molar-refractivity contribution in [3.8, 4) is 11.5 Å². The number of hydrogen-bond donors (Lipinski definition) is 1. The van der Waals surface area contributed by atoms with Crippen molar-refractivity contribution < 1.29 is 14.6 Å². The number of rotatable bonds is 3. The van der Waals surface area contributed by atoms with Gasteiger partial charge in [-0.3, -0.25) is 0 Å². The van der Waals surface area contributed by atoms with Gasteiger partial charge in [-0.25, -0.2) is 4.79 Å². The lowest BCUT2D eigenvalue weighted by atomic mass is 10.2. The first-order valence-electron chi connectivity index (χ1n) is 7.23. The minimum atomic E-state index is -0.879. The van der Waals surface area contributed by atoms with E-state index in [0.29, 0.717) is 5.56 Å². The molecule has 0 unspecified atom stereocenters. The highest BCUT2D eigenvalue weighted by molar-refractivity contribution is 5.87. The molecule has 1 N–H and O–H groups in total. The monoisotopic (exact) mass is 306 g/mol. The summed E-state index contributed by atoms with van der Waals surface area (Å²) in [7, 11) is 0. The van der Waals surface area contributed by atoms with E-state index in [1.807, 2.05) is 48.5 Å². The molecule has 0 bridgehead atoms. The van der Waals surface area contributed by atoms with Gasteiger partial charge in [-0.05, 0) is 48.9 Å². The highest BCUT2D eigenvalue weighted by atomic mass is 16.5. The Balaban J connectivity index is 0.000000185. The fourth-order valence-corrected chi connectivity index (χ4v) is 1.88. The van der Waals surface area contributed by atoms with Gasteiger partial charge < -0.3 is 9.84 Å². The van der Waals surface area contributed by atoms with Gasteiger partial charge in [0.25, 0.3) is 0 Å². The zero-order chi connectivity index (χ0) is 16.5. The summed E-state index contributed by atoms with van der Waals surface area (Å²) in [5.74, 6) is 0.880. The van der Waals surface area contributed by atoms with Gasteiger partial charge in [0, 0.05) is 0 Å². The molecule has 0 saturated carbocycles. The molecule has 0 saturated heterocycles. The highest BCUT2D eigenvalue weighted by Gasteiger charge is 1.97. The van der Waals surface area contributed by atoms with Crippen molar-refractivity contribution >= 4 is 5.97 Å². The normalized spacial score (nSPS) is 9.43. The minimum Gasteiger partial charge on any atom is -0.478 e. The molecule has 3 heteroatoms. The summed E-state index contributed by atoms with van der Waals surface area (Å²) in [5, 5.41) is 8.38. The topological polar surface area (TPSA) is 46.5 Å². The van der Waals surface area contributed by atoms with Crippen molar-refractivity contribution in [2.24, 2.45) is 0 Å². The molecule has 0 aliphatic rings. The van der Waals surface area contributed by atoms with Crippen LogP contribution >= 0.6 is 0 Å². The van der Waals surface area contributed by atoms with Gasteiger partial charge >= 0.3 is 5.97 Å². The van der Waals surface area contributed by atoms with E-state index in [2.05, 4.69) is 13.0 Å². The quantitative estimate of drug-likeness (QED) is 0.726. The third-order valence-electron chi connectivity index (χ3n) is 2.99. The molecule has 0 aliphatic heterocycles. The molecule has 0 spiro atoms. The molecule has 116 valence electrons. The van der Waals surface area contributed by atoms with Crippen LogP contribution in [0.5, 0.6) is 11.5 Å². The van der Waals surface area contributed by atoms with Crippen molar-refractivity contribution in [2.45, 2.75) is 6.92 Å². The minimum absolute atomic E-state index is 0.331. The zero-order valence-corrected chi connectivity index (χ0v) is 12.8. The predicted octanol–water partition coefficient (Wildman–Crippen LogP) is 5.17. The number of benzene rings is 3. The fourth-order valence-electron chi connectivity index (χ4n) is 1.88. The molecule has 0 amide bonds. The van der Waals surface area contributed by atoms with Gasteiger partial charge in [0.05, 0.1) is 5.56 Å². The van der Waals surface area contributed by atoms with Crippen molar-refractivity contribution in [3.05, 3.63) is 96.1 Å². The molecule has 0 fully saturated rings. The van der Waals surface area contributed by atoms with E-state index in [0.717, 1.165) is 11.5 Å². The molecule has 23 heavy (non-hydrogen) atoms. The van der Waals surface area contributed by atoms with E-state index < -0.39 is 5.97 Å². The van der Waals surface area contributed by atoms with Gasteiger partial charge in [0.2, 0.25) is 0 Å². The van der Waals surface area contributed by atoms with Crippen LogP contribution in [0.4, 0.5) is 0 Å². The Morgan fingerprint density at radius 3 is 1.87 bits per heavy atom. The zero-order valence-electron chi connectivity index (χ0n) is 12.8. The summed E-state index contributed by atoms with van der Waals surface area (Å²) in [6.45, 7) is 2.05. The summed E-state index contributed by atoms with van der Waals surface area (Å²) in [4.78, 5) is 10.2. The molecule has 0 atom stereocenters. The SMILES string of the molecule is Cc1cccc(Oc2ccccc2)c1.O=C(O)c1ccccc1. The van der Waals surface area contributed by atoms with Gasteiger partial charge in [-0.1, -0.05) is 48.5 Å². The number of hydrogen-bond acceptors (Lipinski definition) is 2. The number of carbonyl (C=O) groups is 1. The van der Waals surface area contributed by atoms with Crippen LogP contribution in [-0.2, 0) is 0 Å². The first-order valence-corrected chi connectivity index (χ1v) is 7.23. The maximum atomic E-state index is 10.2. The van der Waals surface area contributed by atoms with Crippen LogP contribution in [0.3, 0.4) is 0 Å². The van der Waals surface area contributed by atoms with E-state index in [-0.39, 0.29) is 0 Å². The molecular weight excluding hydrogens is 288 g/mol. The van der Waals surface area contributed by atoms with Crippen molar-refractivity contribution in [3.63, 3.8) is 0 Å². The summed E-state index contributed by atoms with van der Waals surface area (Å²) >= 11 is 0. The Morgan fingerprint density at radius 1 is 0.783 bits per heavy atom. The number of para-hydroxylation sites is 1. The van der Waals surface area contributed by atoms with E-state index in [9.17, 15) is 4.79 Å². The Labute approximate surface area is 135 Å². The molecule has 0 aromatic heterocycles. The van der Waals surface area contributed by atoms with Crippen LogP contribution < -0.4 is 4.74 Å². The van der Waals surface area contributed by atoms with Crippen molar-refractivity contribution in [1.29, 1.82) is 0 Å². The number of carboxylic acids is 1. The lowest BCUT2D eigenvalue weighted by Crippen LogP contribution is -1.93. The first-order chi connectivity index (χ1) is 11.1. The first kappa shape index (κ1) is 16.3. The average Bonchev–Trinajstić information content (AvgIpc) is 2.57. The van der Waals surface area contributed by atoms with E-state index >= 15 is 0 Å². The standard InChI is InChI=1S/C13H12O.C7H6O2/c1-11-6-5-9-13(10-11)14-12-7-3-2-4-8-12;8-7(9)6-4-2-1-3-5-6/h2-10H,1H3;1-5H,(H,8,9). The molecule has 3 aromatic rings. The second kappa shape index (κ2) is 8.39. The molecule has 3 rings (SSSR count).